The highest BCUT2D eigenvalue weighted by molar-refractivity contribution is 7.19. The Balaban J connectivity index is 1.54. The molecule has 1 N–H and O–H groups in total. The summed E-state index contributed by atoms with van der Waals surface area (Å²) in [6.07, 6.45) is 0.847. The number of nitrogens with zero attached hydrogens (tertiary/aromatic N) is 3. The van der Waals surface area contributed by atoms with Gasteiger partial charge in [-0.2, -0.15) is 0 Å². The summed E-state index contributed by atoms with van der Waals surface area (Å²) in [6, 6.07) is 9.94. The van der Waals surface area contributed by atoms with Crippen LogP contribution in [-0.4, -0.2) is 46.6 Å². The molecule has 2 amide bonds. The molecule has 1 aromatic heterocycles. The molecule has 0 unspecified atom stereocenters. The van der Waals surface area contributed by atoms with E-state index in [9.17, 15) is 9.59 Å². The Morgan fingerprint density at radius 1 is 1.22 bits per heavy atom. The van der Waals surface area contributed by atoms with E-state index in [1.54, 1.807) is 11.1 Å². The molecule has 0 radical (unpaired) electrons. The van der Waals surface area contributed by atoms with Gasteiger partial charge in [0.15, 0.2) is 5.13 Å². The number of hydrogen-bond acceptors (Lipinski definition) is 4. The highest BCUT2D eigenvalue weighted by Gasteiger charge is 2.48. The number of carbonyl (C=O) groups excluding carboxylic acids is 1. The standard InChI is InChI=1S/C16H15N3O3S/c20-14-12-9-18(16(21)22)7-11(12)8-19(14)15-17-6-13(23-15)10-4-2-1-3-5-10/h1-6,11-12H,7-9H2,(H,21,22)/t11-,12-/m1/s1. The van der Waals surface area contributed by atoms with E-state index in [-0.39, 0.29) is 17.7 Å². The minimum atomic E-state index is -0.945. The number of aromatic nitrogens is 1. The summed E-state index contributed by atoms with van der Waals surface area (Å²) in [6.45, 7) is 1.28. The van der Waals surface area contributed by atoms with Crippen molar-refractivity contribution in [3.63, 3.8) is 0 Å². The molecule has 6 nitrogen and oxygen atoms in total. The van der Waals surface area contributed by atoms with Crippen LogP contribution in [-0.2, 0) is 4.79 Å². The summed E-state index contributed by atoms with van der Waals surface area (Å²) in [5.41, 5.74) is 1.08. The Kier molecular flexibility index (Phi) is 3.30. The van der Waals surface area contributed by atoms with Gasteiger partial charge in [-0.05, 0) is 5.56 Å². The number of hydrogen-bond donors (Lipinski definition) is 1. The number of amides is 2. The van der Waals surface area contributed by atoms with Crippen LogP contribution in [0.5, 0.6) is 0 Å². The zero-order valence-electron chi connectivity index (χ0n) is 12.3. The summed E-state index contributed by atoms with van der Waals surface area (Å²) in [4.78, 5) is 32.1. The fraction of sp³-hybridized carbons (Fsp3) is 0.312. The highest BCUT2D eigenvalue weighted by Crippen LogP contribution is 2.38. The number of carboxylic acid groups (broad SMARTS) is 1. The van der Waals surface area contributed by atoms with Crippen molar-refractivity contribution >= 4 is 28.5 Å². The maximum absolute atomic E-state index is 12.6. The van der Waals surface area contributed by atoms with Crippen LogP contribution in [0.2, 0.25) is 0 Å². The average molecular weight is 329 g/mol. The number of anilines is 1. The molecule has 2 aliphatic heterocycles. The number of fused-ring (bicyclic) bond motifs is 1. The van der Waals surface area contributed by atoms with Crippen molar-refractivity contribution in [3.8, 4) is 10.4 Å². The molecule has 4 rings (SSSR count). The molecule has 23 heavy (non-hydrogen) atoms. The fourth-order valence-electron chi connectivity index (χ4n) is 3.31. The first-order chi connectivity index (χ1) is 11.1. The third-order valence-electron chi connectivity index (χ3n) is 4.49. The normalized spacial score (nSPS) is 23.4. The van der Waals surface area contributed by atoms with Gasteiger partial charge in [0.1, 0.15) is 0 Å². The molecule has 0 spiro atoms. The molecule has 0 saturated carbocycles. The SMILES string of the molecule is O=C(O)N1C[C@@H]2CN(c3ncc(-c4ccccc4)s3)C(=O)[C@@H]2C1. The number of carbonyl (C=O) groups is 2. The van der Waals surface area contributed by atoms with Crippen LogP contribution in [0.25, 0.3) is 10.4 Å². The van der Waals surface area contributed by atoms with Gasteiger partial charge < -0.3 is 10.0 Å². The second kappa shape index (κ2) is 5.34. The Morgan fingerprint density at radius 2 is 2.00 bits per heavy atom. The lowest BCUT2D eigenvalue weighted by Crippen LogP contribution is -2.34. The van der Waals surface area contributed by atoms with E-state index >= 15 is 0 Å². The number of rotatable bonds is 2. The van der Waals surface area contributed by atoms with Gasteiger partial charge in [-0.25, -0.2) is 9.78 Å². The van der Waals surface area contributed by atoms with E-state index in [4.69, 9.17) is 5.11 Å². The van der Waals surface area contributed by atoms with Crippen molar-refractivity contribution in [2.75, 3.05) is 24.5 Å². The smallest absolute Gasteiger partial charge is 0.407 e. The first-order valence-corrected chi connectivity index (χ1v) is 8.25. The fourth-order valence-corrected chi connectivity index (χ4v) is 4.25. The average Bonchev–Trinajstić information content (AvgIpc) is 3.24. The van der Waals surface area contributed by atoms with Crippen LogP contribution in [0.3, 0.4) is 0 Å². The van der Waals surface area contributed by atoms with Crippen molar-refractivity contribution in [1.82, 2.24) is 9.88 Å². The van der Waals surface area contributed by atoms with Gasteiger partial charge in [-0.3, -0.25) is 9.69 Å². The van der Waals surface area contributed by atoms with Crippen molar-refractivity contribution in [3.05, 3.63) is 36.5 Å². The third-order valence-corrected chi connectivity index (χ3v) is 5.56. The van der Waals surface area contributed by atoms with Gasteiger partial charge in [0.05, 0.1) is 10.8 Å². The minimum Gasteiger partial charge on any atom is -0.465 e. The molecular formula is C16H15N3O3S. The van der Waals surface area contributed by atoms with Gasteiger partial charge in [-0.1, -0.05) is 41.7 Å². The minimum absolute atomic E-state index is 0.00675. The molecule has 2 atom stereocenters. The summed E-state index contributed by atoms with van der Waals surface area (Å²) in [5, 5.41) is 9.76. The first-order valence-electron chi connectivity index (χ1n) is 7.44. The monoisotopic (exact) mass is 329 g/mol. The van der Waals surface area contributed by atoms with Gasteiger partial charge in [0.25, 0.3) is 0 Å². The molecule has 2 saturated heterocycles. The van der Waals surface area contributed by atoms with Crippen molar-refractivity contribution in [2.24, 2.45) is 11.8 Å². The maximum atomic E-state index is 12.6. The van der Waals surface area contributed by atoms with Gasteiger partial charge >= 0.3 is 6.09 Å². The van der Waals surface area contributed by atoms with Crippen LogP contribution < -0.4 is 4.90 Å². The van der Waals surface area contributed by atoms with Crippen LogP contribution >= 0.6 is 11.3 Å². The van der Waals surface area contributed by atoms with Crippen LogP contribution in [0.4, 0.5) is 9.93 Å². The molecule has 2 fully saturated rings. The van der Waals surface area contributed by atoms with Crippen LogP contribution in [0.15, 0.2) is 36.5 Å². The Labute approximate surface area is 137 Å². The van der Waals surface area contributed by atoms with E-state index < -0.39 is 6.09 Å². The zero-order valence-corrected chi connectivity index (χ0v) is 13.1. The Morgan fingerprint density at radius 3 is 2.70 bits per heavy atom. The largest absolute Gasteiger partial charge is 0.465 e. The lowest BCUT2D eigenvalue weighted by Gasteiger charge is -2.17. The van der Waals surface area contributed by atoms with E-state index in [2.05, 4.69) is 4.98 Å². The summed E-state index contributed by atoms with van der Waals surface area (Å²) >= 11 is 1.50. The molecule has 2 aliphatic rings. The quantitative estimate of drug-likeness (QED) is 0.918. The Hall–Kier alpha value is -2.41. The number of likely N-dealkylation sites (tertiary alicyclic amines) is 1. The number of benzene rings is 1. The van der Waals surface area contributed by atoms with E-state index in [1.165, 1.54) is 16.2 Å². The summed E-state index contributed by atoms with van der Waals surface area (Å²) in [5.74, 6) is -0.162. The van der Waals surface area contributed by atoms with Gasteiger partial charge in [0, 0.05) is 31.7 Å². The highest BCUT2D eigenvalue weighted by atomic mass is 32.1. The molecular weight excluding hydrogens is 314 g/mol. The van der Waals surface area contributed by atoms with E-state index in [0.29, 0.717) is 24.8 Å². The summed E-state index contributed by atoms with van der Waals surface area (Å²) in [7, 11) is 0. The van der Waals surface area contributed by atoms with Crippen molar-refractivity contribution in [1.29, 1.82) is 0 Å². The summed E-state index contributed by atoms with van der Waals surface area (Å²) < 4.78 is 0. The predicted octanol–water partition coefficient (Wildman–Crippen LogP) is 2.38. The lowest BCUT2D eigenvalue weighted by molar-refractivity contribution is -0.120. The molecule has 0 bridgehead atoms. The predicted molar refractivity (Wildman–Crippen MR) is 86.5 cm³/mol. The van der Waals surface area contributed by atoms with Crippen molar-refractivity contribution < 1.29 is 14.7 Å². The molecule has 3 heterocycles. The molecule has 7 heteroatoms. The Bertz CT molecular complexity index is 761. The maximum Gasteiger partial charge on any atom is 0.407 e. The van der Waals surface area contributed by atoms with Gasteiger partial charge in [0.2, 0.25) is 5.91 Å². The van der Waals surface area contributed by atoms with E-state index in [1.807, 2.05) is 30.3 Å². The first kappa shape index (κ1) is 14.2. The topological polar surface area (TPSA) is 73.7 Å². The molecule has 2 aromatic rings. The molecule has 118 valence electrons. The molecule has 1 aromatic carbocycles. The lowest BCUT2D eigenvalue weighted by atomic mass is 10.0. The zero-order chi connectivity index (χ0) is 16.0. The van der Waals surface area contributed by atoms with Crippen LogP contribution in [0, 0.1) is 11.8 Å². The second-order valence-corrected chi connectivity index (χ2v) is 6.89. The third kappa shape index (κ3) is 2.37. The molecule has 0 aliphatic carbocycles. The second-order valence-electron chi connectivity index (χ2n) is 5.88. The van der Waals surface area contributed by atoms with Gasteiger partial charge in [-0.15, -0.1) is 0 Å². The van der Waals surface area contributed by atoms with Crippen LogP contribution in [0.1, 0.15) is 0 Å². The number of thiazole rings is 1. The van der Waals surface area contributed by atoms with Crippen molar-refractivity contribution in [2.45, 2.75) is 0 Å². The van der Waals surface area contributed by atoms with E-state index in [0.717, 1.165) is 10.4 Å².